The van der Waals surface area contributed by atoms with E-state index in [0.717, 1.165) is 69.7 Å². The maximum Gasteiger partial charge on any atom is 0.225 e. The van der Waals surface area contributed by atoms with Gasteiger partial charge in [-0.3, -0.25) is 9.69 Å². The maximum atomic E-state index is 14.9. The fraction of sp³-hybridized carbons (Fsp3) is 0.583. The number of halogens is 1. The number of carbonyl (C=O) groups is 1. The van der Waals surface area contributed by atoms with Crippen LogP contribution < -0.4 is 4.74 Å². The number of ether oxygens (including phenoxy) is 1. The fourth-order valence-corrected chi connectivity index (χ4v) is 8.39. The number of amides is 1. The van der Waals surface area contributed by atoms with E-state index in [1.807, 2.05) is 12.1 Å². The summed E-state index contributed by atoms with van der Waals surface area (Å²) in [7, 11) is -0.199. The molecule has 2 aromatic carbocycles. The molecule has 0 bridgehead atoms. The molecular formula is C36H50FN3O3Si. The molecule has 0 radical (unpaired) electrons. The molecule has 3 aromatic rings. The first-order valence-electron chi connectivity index (χ1n) is 16.5. The van der Waals surface area contributed by atoms with Gasteiger partial charge in [0.1, 0.15) is 11.6 Å². The summed E-state index contributed by atoms with van der Waals surface area (Å²) in [6.07, 6.45) is 5.07. The monoisotopic (exact) mass is 619 g/mol. The van der Waals surface area contributed by atoms with Crippen molar-refractivity contribution < 1.29 is 18.3 Å². The normalized spacial score (nSPS) is 19.3. The summed E-state index contributed by atoms with van der Waals surface area (Å²) in [6.45, 7) is 16.6. The van der Waals surface area contributed by atoms with Crippen LogP contribution in [0.4, 0.5) is 4.39 Å². The molecule has 1 spiro atoms. The molecule has 2 aliphatic heterocycles. The van der Waals surface area contributed by atoms with Crippen LogP contribution in [0.2, 0.25) is 18.1 Å². The molecule has 3 aliphatic rings. The number of rotatable bonds is 8. The van der Waals surface area contributed by atoms with E-state index in [0.29, 0.717) is 19.1 Å². The molecule has 6 nitrogen and oxygen atoms in total. The van der Waals surface area contributed by atoms with Gasteiger partial charge in [-0.05, 0) is 67.6 Å². The third-order valence-electron chi connectivity index (χ3n) is 11.2. The number of aromatic nitrogens is 1. The lowest BCUT2D eigenvalue weighted by molar-refractivity contribution is -0.140. The average Bonchev–Trinajstić information content (AvgIpc) is 3.26. The summed E-state index contributed by atoms with van der Waals surface area (Å²) in [4.78, 5) is 17.8. The van der Waals surface area contributed by atoms with Gasteiger partial charge in [0.15, 0.2) is 8.32 Å². The number of piperidine rings is 1. The number of benzene rings is 2. The predicted molar refractivity (Wildman–Crippen MR) is 177 cm³/mol. The zero-order chi connectivity index (χ0) is 31.3. The van der Waals surface area contributed by atoms with Gasteiger partial charge in [0.25, 0.3) is 0 Å². The van der Waals surface area contributed by atoms with E-state index < -0.39 is 8.32 Å². The first-order chi connectivity index (χ1) is 20.9. The van der Waals surface area contributed by atoms with Crippen molar-refractivity contribution in [1.29, 1.82) is 0 Å². The van der Waals surface area contributed by atoms with Crippen LogP contribution in [-0.2, 0) is 34.3 Å². The average molecular weight is 620 g/mol. The van der Waals surface area contributed by atoms with Crippen LogP contribution in [0.1, 0.15) is 69.7 Å². The minimum absolute atomic E-state index is 0.117. The molecular weight excluding hydrogens is 569 g/mol. The third-order valence-corrected chi connectivity index (χ3v) is 15.8. The molecule has 0 unspecified atom stereocenters. The van der Waals surface area contributed by atoms with Crippen LogP contribution >= 0.6 is 0 Å². The smallest absolute Gasteiger partial charge is 0.225 e. The molecule has 6 rings (SSSR count). The van der Waals surface area contributed by atoms with E-state index in [-0.39, 0.29) is 22.2 Å². The Morgan fingerprint density at radius 2 is 1.82 bits per heavy atom. The summed E-state index contributed by atoms with van der Waals surface area (Å²) in [5.41, 5.74) is 4.51. The second-order valence-electron chi connectivity index (χ2n) is 14.9. The Morgan fingerprint density at radius 1 is 1.09 bits per heavy atom. The molecule has 1 saturated carbocycles. The summed E-state index contributed by atoms with van der Waals surface area (Å²) >= 11 is 0. The van der Waals surface area contributed by atoms with Crippen LogP contribution in [-0.4, -0.2) is 61.9 Å². The highest BCUT2D eigenvalue weighted by Crippen LogP contribution is 2.48. The number of methoxy groups -OCH3 is 1. The predicted octanol–water partition coefficient (Wildman–Crippen LogP) is 7.49. The number of carbonyl (C=O) groups excluding carboxylic acids is 1. The summed E-state index contributed by atoms with van der Waals surface area (Å²) < 4.78 is 29.8. The Hall–Kier alpha value is -2.68. The number of nitrogens with zero attached hydrogens (tertiary/aromatic N) is 3. The van der Waals surface area contributed by atoms with Crippen LogP contribution in [0.15, 0.2) is 42.5 Å². The van der Waals surface area contributed by atoms with E-state index >= 15 is 0 Å². The van der Waals surface area contributed by atoms with Gasteiger partial charge in [-0.1, -0.05) is 45.4 Å². The highest BCUT2D eigenvalue weighted by molar-refractivity contribution is 6.74. The summed E-state index contributed by atoms with van der Waals surface area (Å²) in [5, 5.41) is 1.41. The van der Waals surface area contributed by atoms with Crippen LogP contribution in [0.5, 0.6) is 5.75 Å². The van der Waals surface area contributed by atoms with Crippen molar-refractivity contribution in [1.82, 2.24) is 14.4 Å². The van der Waals surface area contributed by atoms with Gasteiger partial charge < -0.3 is 18.6 Å². The molecule has 44 heavy (non-hydrogen) atoms. The van der Waals surface area contributed by atoms with E-state index in [1.54, 1.807) is 19.2 Å². The molecule has 0 atom stereocenters. The first-order valence-corrected chi connectivity index (χ1v) is 19.4. The molecule has 2 fully saturated rings. The number of likely N-dealkylation sites (tertiary alicyclic amines) is 1. The number of hydrogen-bond donors (Lipinski definition) is 0. The van der Waals surface area contributed by atoms with E-state index in [2.05, 4.69) is 66.4 Å². The molecule has 3 heterocycles. The molecule has 1 amide bonds. The highest BCUT2D eigenvalue weighted by Gasteiger charge is 2.46. The van der Waals surface area contributed by atoms with E-state index in [1.165, 1.54) is 28.6 Å². The van der Waals surface area contributed by atoms with Crippen molar-refractivity contribution >= 4 is 25.1 Å². The summed E-state index contributed by atoms with van der Waals surface area (Å²) in [6, 6.07) is 13.6. The van der Waals surface area contributed by atoms with Crippen LogP contribution in [0, 0.1) is 11.7 Å². The minimum Gasteiger partial charge on any atom is -0.497 e. The molecule has 1 aliphatic carbocycles. The first kappa shape index (κ1) is 31.3. The van der Waals surface area contributed by atoms with Gasteiger partial charge in [-0.25, -0.2) is 4.39 Å². The standard InChI is InChI=1S/C36H50FN3O3Si/c1-35(2,3)44(5,6)43-21-20-40-31-22-28(42-4)14-15-29(31)33-32(40)24-38(23-27-10-7-8-13-30(27)37)25-36(33)16-18-39(19-17-36)34(41)26-11-9-12-26/h7-8,10,13-15,22,26H,9,11-12,16-21,23-25H2,1-6H3. The Kier molecular flexibility index (Phi) is 8.48. The Morgan fingerprint density at radius 3 is 2.45 bits per heavy atom. The van der Waals surface area contributed by atoms with Gasteiger partial charge in [0.2, 0.25) is 5.91 Å². The topological polar surface area (TPSA) is 46.9 Å². The van der Waals surface area contributed by atoms with Crippen LogP contribution in [0.25, 0.3) is 10.9 Å². The van der Waals surface area contributed by atoms with Crippen LogP contribution in [0.3, 0.4) is 0 Å². The van der Waals surface area contributed by atoms with Crippen molar-refractivity contribution in [3.05, 3.63) is 65.1 Å². The highest BCUT2D eigenvalue weighted by atomic mass is 28.4. The number of fused-ring (bicyclic) bond motifs is 4. The van der Waals surface area contributed by atoms with Crippen molar-refractivity contribution in [2.75, 3.05) is 33.4 Å². The summed E-state index contributed by atoms with van der Waals surface area (Å²) in [5.74, 6) is 1.26. The quantitative estimate of drug-likeness (QED) is 0.245. The van der Waals surface area contributed by atoms with Gasteiger partial charge in [0.05, 0.1) is 19.2 Å². The van der Waals surface area contributed by atoms with Crippen molar-refractivity contribution in [2.24, 2.45) is 5.92 Å². The second kappa shape index (κ2) is 11.9. The van der Waals surface area contributed by atoms with Gasteiger partial charge in [-0.2, -0.15) is 0 Å². The zero-order valence-electron chi connectivity index (χ0n) is 27.5. The van der Waals surface area contributed by atoms with Gasteiger partial charge >= 0.3 is 0 Å². The van der Waals surface area contributed by atoms with Crippen molar-refractivity contribution in [3.63, 3.8) is 0 Å². The SMILES string of the molecule is COc1ccc2c3c(n(CCO[Si](C)(C)C(C)(C)C)c2c1)CN(Cc1ccccc1F)CC31CCN(C(=O)C2CCC2)CC1. The zero-order valence-corrected chi connectivity index (χ0v) is 28.5. The lowest BCUT2D eigenvalue weighted by atomic mass is 9.69. The van der Waals surface area contributed by atoms with Gasteiger partial charge in [0, 0.05) is 73.3 Å². The maximum absolute atomic E-state index is 14.9. The Labute approximate surface area is 263 Å². The van der Waals surface area contributed by atoms with E-state index in [4.69, 9.17) is 9.16 Å². The molecule has 8 heteroatoms. The Bertz CT molecular complexity index is 1510. The molecule has 1 aromatic heterocycles. The van der Waals surface area contributed by atoms with E-state index in [9.17, 15) is 9.18 Å². The fourth-order valence-electron chi connectivity index (χ4n) is 7.36. The number of hydrogen-bond acceptors (Lipinski definition) is 4. The lowest BCUT2D eigenvalue weighted by Gasteiger charge is -2.49. The lowest BCUT2D eigenvalue weighted by Crippen LogP contribution is -2.54. The Balaban J connectivity index is 1.39. The van der Waals surface area contributed by atoms with Gasteiger partial charge in [-0.15, -0.1) is 0 Å². The largest absolute Gasteiger partial charge is 0.497 e. The molecule has 1 saturated heterocycles. The molecule has 0 N–H and O–H groups in total. The third kappa shape index (κ3) is 5.74. The van der Waals surface area contributed by atoms with Crippen molar-refractivity contribution in [3.8, 4) is 5.75 Å². The molecule has 238 valence electrons. The second-order valence-corrected chi connectivity index (χ2v) is 19.7. The van der Waals surface area contributed by atoms with Crippen molar-refractivity contribution in [2.45, 2.75) is 96.1 Å². The minimum atomic E-state index is -1.92.